The SMILES string of the molecule is CCc1cc([C@@H](CC(=O)OC)c2ccc3c(nnn3C)c2C)ccc1C. The zero-order valence-electron chi connectivity index (χ0n) is 16.0. The van der Waals surface area contributed by atoms with Gasteiger partial charge in [0.1, 0.15) is 5.52 Å². The van der Waals surface area contributed by atoms with Gasteiger partial charge in [-0.15, -0.1) is 5.10 Å². The molecule has 5 heteroatoms. The van der Waals surface area contributed by atoms with Gasteiger partial charge in [-0.2, -0.15) is 0 Å². The van der Waals surface area contributed by atoms with Crippen molar-refractivity contribution in [1.29, 1.82) is 0 Å². The van der Waals surface area contributed by atoms with E-state index in [-0.39, 0.29) is 11.9 Å². The third-order valence-electron chi connectivity index (χ3n) is 5.21. The van der Waals surface area contributed by atoms with E-state index in [0.29, 0.717) is 6.42 Å². The second-order valence-electron chi connectivity index (χ2n) is 6.73. The fraction of sp³-hybridized carbons (Fsp3) is 0.381. The predicted molar refractivity (Wildman–Crippen MR) is 102 cm³/mol. The Morgan fingerprint density at radius 2 is 2.00 bits per heavy atom. The van der Waals surface area contributed by atoms with E-state index in [9.17, 15) is 4.79 Å². The molecule has 26 heavy (non-hydrogen) atoms. The molecule has 0 unspecified atom stereocenters. The van der Waals surface area contributed by atoms with Gasteiger partial charge in [-0.25, -0.2) is 4.68 Å². The molecule has 0 saturated heterocycles. The monoisotopic (exact) mass is 351 g/mol. The van der Waals surface area contributed by atoms with Crippen molar-refractivity contribution in [2.45, 2.75) is 39.5 Å². The van der Waals surface area contributed by atoms with E-state index in [0.717, 1.165) is 34.1 Å². The van der Waals surface area contributed by atoms with Crippen LogP contribution in [-0.2, 0) is 23.0 Å². The highest BCUT2D eigenvalue weighted by Crippen LogP contribution is 2.34. The van der Waals surface area contributed by atoms with Gasteiger partial charge in [0.2, 0.25) is 0 Å². The van der Waals surface area contributed by atoms with Crippen LogP contribution in [0.1, 0.15) is 47.1 Å². The minimum atomic E-state index is -0.215. The third-order valence-corrected chi connectivity index (χ3v) is 5.21. The molecule has 3 aromatic rings. The Bertz CT molecular complexity index is 959. The molecule has 1 aromatic heterocycles. The summed E-state index contributed by atoms with van der Waals surface area (Å²) in [5.41, 5.74) is 7.72. The van der Waals surface area contributed by atoms with Gasteiger partial charge in [0.15, 0.2) is 0 Å². The van der Waals surface area contributed by atoms with Crippen LogP contribution < -0.4 is 0 Å². The molecule has 0 aliphatic rings. The molecule has 0 saturated carbocycles. The number of aromatic nitrogens is 3. The minimum absolute atomic E-state index is 0.0697. The maximum atomic E-state index is 12.1. The Morgan fingerprint density at radius 3 is 2.69 bits per heavy atom. The Balaban J connectivity index is 2.15. The average Bonchev–Trinajstić information content (AvgIpc) is 3.02. The lowest BCUT2D eigenvalue weighted by Gasteiger charge is -2.20. The predicted octanol–water partition coefficient (Wildman–Crippen LogP) is 3.84. The number of esters is 1. The van der Waals surface area contributed by atoms with Gasteiger partial charge in [-0.1, -0.05) is 36.4 Å². The summed E-state index contributed by atoms with van der Waals surface area (Å²) in [5, 5.41) is 8.42. The number of benzene rings is 2. The first kappa shape index (κ1) is 18.1. The summed E-state index contributed by atoms with van der Waals surface area (Å²) < 4.78 is 6.73. The number of hydrogen-bond acceptors (Lipinski definition) is 4. The van der Waals surface area contributed by atoms with Crippen molar-refractivity contribution in [3.8, 4) is 0 Å². The maximum absolute atomic E-state index is 12.1. The zero-order chi connectivity index (χ0) is 18.8. The molecule has 0 radical (unpaired) electrons. The van der Waals surface area contributed by atoms with Crippen LogP contribution in [0.3, 0.4) is 0 Å². The van der Waals surface area contributed by atoms with Crippen molar-refractivity contribution >= 4 is 17.0 Å². The van der Waals surface area contributed by atoms with Crippen LogP contribution in [0.5, 0.6) is 0 Å². The lowest BCUT2D eigenvalue weighted by atomic mass is 9.84. The van der Waals surface area contributed by atoms with Crippen molar-refractivity contribution in [1.82, 2.24) is 15.0 Å². The van der Waals surface area contributed by atoms with Gasteiger partial charge >= 0.3 is 5.97 Å². The number of rotatable bonds is 5. The number of carbonyl (C=O) groups excluding carboxylic acids is 1. The number of hydrogen-bond donors (Lipinski definition) is 0. The van der Waals surface area contributed by atoms with Gasteiger partial charge < -0.3 is 4.74 Å². The molecule has 0 aliphatic heterocycles. The molecule has 1 atom stereocenters. The second-order valence-corrected chi connectivity index (χ2v) is 6.73. The minimum Gasteiger partial charge on any atom is -0.469 e. The molecule has 0 fully saturated rings. The summed E-state index contributed by atoms with van der Waals surface area (Å²) in [6.07, 6.45) is 1.27. The van der Waals surface area contributed by atoms with Gasteiger partial charge in [0, 0.05) is 13.0 Å². The lowest BCUT2D eigenvalue weighted by Crippen LogP contribution is -2.12. The normalized spacial score (nSPS) is 12.3. The van der Waals surface area contributed by atoms with Crippen molar-refractivity contribution in [2.75, 3.05) is 7.11 Å². The van der Waals surface area contributed by atoms with Gasteiger partial charge in [-0.05, 0) is 54.2 Å². The van der Waals surface area contributed by atoms with Gasteiger partial charge in [0.25, 0.3) is 0 Å². The number of nitrogens with zero attached hydrogens (tertiary/aromatic N) is 3. The molecule has 0 spiro atoms. The first-order valence-corrected chi connectivity index (χ1v) is 8.91. The Morgan fingerprint density at radius 1 is 1.23 bits per heavy atom. The van der Waals surface area contributed by atoms with Crippen LogP contribution in [0.4, 0.5) is 0 Å². The van der Waals surface area contributed by atoms with E-state index in [4.69, 9.17) is 4.74 Å². The lowest BCUT2D eigenvalue weighted by molar-refractivity contribution is -0.140. The highest BCUT2D eigenvalue weighted by molar-refractivity contribution is 5.80. The number of ether oxygens (including phenoxy) is 1. The molecule has 136 valence electrons. The molecule has 0 N–H and O–H groups in total. The summed E-state index contributed by atoms with van der Waals surface area (Å²) in [5.74, 6) is -0.285. The Kier molecular flexibility index (Phi) is 5.07. The van der Waals surface area contributed by atoms with E-state index in [2.05, 4.69) is 48.4 Å². The van der Waals surface area contributed by atoms with Gasteiger partial charge in [-0.3, -0.25) is 4.79 Å². The topological polar surface area (TPSA) is 57.0 Å². The molecular weight excluding hydrogens is 326 g/mol. The molecule has 0 amide bonds. The van der Waals surface area contributed by atoms with Crippen LogP contribution in [0.2, 0.25) is 0 Å². The quantitative estimate of drug-likeness (QED) is 0.655. The van der Waals surface area contributed by atoms with E-state index >= 15 is 0 Å². The van der Waals surface area contributed by atoms with Crippen molar-refractivity contribution in [2.24, 2.45) is 7.05 Å². The fourth-order valence-electron chi connectivity index (χ4n) is 3.57. The highest BCUT2D eigenvalue weighted by Gasteiger charge is 2.23. The molecule has 0 aliphatic carbocycles. The van der Waals surface area contributed by atoms with Crippen molar-refractivity contribution < 1.29 is 9.53 Å². The van der Waals surface area contributed by atoms with Crippen molar-refractivity contribution in [3.05, 3.63) is 58.1 Å². The average molecular weight is 351 g/mol. The smallest absolute Gasteiger partial charge is 0.306 e. The first-order chi connectivity index (χ1) is 12.5. The van der Waals surface area contributed by atoms with Crippen LogP contribution in [0, 0.1) is 13.8 Å². The Labute approximate surface area is 154 Å². The summed E-state index contributed by atoms with van der Waals surface area (Å²) in [6, 6.07) is 10.6. The number of carbonyl (C=O) groups is 1. The standard InChI is InChI=1S/C21H25N3O2/c1-6-15-11-16(8-7-13(15)2)18(12-20(25)26-5)17-9-10-19-21(14(17)3)22-23-24(19)4/h7-11,18H,6,12H2,1-5H3/t18-/m1/s1. The van der Waals surface area contributed by atoms with Crippen molar-refractivity contribution in [3.63, 3.8) is 0 Å². The highest BCUT2D eigenvalue weighted by atomic mass is 16.5. The molecule has 0 bridgehead atoms. The van der Waals surface area contributed by atoms with E-state index in [1.165, 1.54) is 18.2 Å². The summed E-state index contributed by atoms with van der Waals surface area (Å²) in [6.45, 7) is 6.32. The summed E-state index contributed by atoms with van der Waals surface area (Å²) in [7, 11) is 3.32. The Hall–Kier alpha value is -2.69. The van der Waals surface area contributed by atoms with Crippen LogP contribution in [0.15, 0.2) is 30.3 Å². The number of aryl methyl sites for hydroxylation is 4. The van der Waals surface area contributed by atoms with Gasteiger partial charge in [0.05, 0.1) is 19.0 Å². The summed E-state index contributed by atoms with van der Waals surface area (Å²) >= 11 is 0. The van der Waals surface area contributed by atoms with Crippen LogP contribution >= 0.6 is 0 Å². The number of fused-ring (bicyclic) bond motifs is 1. The summed E-state index contributed by atoms with van der Waals surface area (Å²) in [4.78, 5) is 12.1. The fourth-order valence-corrected chi connectivity index (χ4v) is 3.57. The molecule has 3 rings (SSSR count). The van der Waals surface area contributed by atoms with E-state index in [1.54, 1.807) is 4.68 Å². The van der Waals surface area contributed by atoms with E-state index < -0.39 is 0 Å². The molecular formula is C21H25N3O2. The number of methoxy groups -OCH3 is 1. The largest absolute Gasteiger partial charge is 0.469 e. The molecule has 5 nitrogen and oxygen atoms in total. The first-order valence-electron chi connectivity index (χ1n) is 8.91. The van der Waals surface area contributed by atoms with Crippen LogP contribution in [0.25, 0.3) is 11.0 Å². The third kappa shape index (κ3) is 3.21. The van der Waals surface area contributed by atoms with E-state index in [1.807, 2.05) is 20.0 Å². The second kappa shape index (κ2) is 7.28. The molecule has 1 heterocycles. The molecule has 2 aromatic carbocycles. The van der Waals surface area contributed by atoms with Crippen LogP contribution in [-0.4, -0.2) is 28.1 Å². The maximum Gasteiger partial charge on any atom is 0.306 e. The zero-order valence-corrected chi connectivity index (χ0v) is 16.0.